The predicted octanol–water partition coefficient (Wildman–Crippen LogP) is 2.45. The molecule has 1 aromatic heterocycles. The second-order valence-corrected chi connectivity index (χ2v) is 5.80. The molecule has 6 nitrogen and oxygen atoms in total. The summed E-state index contributed by atoms with van der Waals surface area (Å²) in [6.45, 7) is 2.20. The largest absolute Gasteiger partial charge is 0.460 e. The lowest BCUT2D eigenvalue weighted by Crippen LogP contribution is -2.22. The van der Waals surface area contributed by atoms with Crippen LogP contribution in [0.1, 0.15) is 29.3 Å². The number of esters is 2. The molecule has 0 radical (unpaired) electrons. The van der Waals surface area contributed by atoms with E-state index in [9.17, 15) is 9.59 Å². The van der Waals surface area contributed by atoms with Crippen LogP contribution in [0.15, 0.2) is 36.7 Å². The lowest BCUT2D eigenvalue weighted by Gasteiger charge is -2.06. The molecule has 120 valence electrons. The topological polar surface area (TPSA) is 70.4 Å². The van der Waals surface area contributed by atoms with Gasteiger partial charge in [-0.1, -0.05) is 29.8 Å². The van der Waals surface area contributed by atoms with Crippen molar-refractivity contribution in [1.82, 2.24) is 9.78 Å². The van der Waals surface area contributed by atoms with Gasteiger partial charge in [0.15, 0.2) is 0 Å². The lowest BCUT2D eigenvalue weighted by molar-refractivity contribution is -0.147. The van der Waals surface area contributed by atoms with Crippen molar-refractivity contribution >= 4 is 23.5 Å². The van der Waals surface area contributed by atoms with Crippen molar-refractivity contribution in [2.75, 3.05) is 0 Å². The Bertz CT molecular complexity index is 743. The second kappa shape index (κ2) is 6.42. The summed E-state index contributed by atoms with van der Waals surface area (Å²) in [6, 6.07) is 7.41. The van der Waals surface area contributed by atoms with Gasteiger partial charge in [-0.15, -0.1) is 0 Å². The third-order valence-corrected chi connectivity index (χ3v) is 3.90. The highest BCUT2D eigenvalue weighted by Crippen LogP contribution is 2.19. The summed E-state index contributed by atoms with van der Waals surface area (Å²) < 4.78 is 11.7. The Balaban J connectivity index is 1.66. The Morgan fingerprint density at radius 3 is 2.96 bits per heavy atom. The number of halogens is 1. The average Bonchev–Trinajstić information content (AvgIpc) is 3.09. The average molecular weight is 335 g/mol. The first kappa shape index (κ1) is 15.6. The van der Waals surface area contributed by atoms with Gasteiger partial charge in [0.25, 0.3) is 0 Å². The minimum atomic E-state index is -0.843. The van der Waals surface area contributed by atoms with Gasteiger partial charge in [0.05, 0.1) is 18.3 Å². The van der Waals surface area contributed by atoms with Gasteiger partial charge in [0.1, 0.15) is 6.10 Å². The molecule has 23 heavy (non-hydrogen) atoms. The number of carbonyl (C=O) groups is 2. The minimum Gasteiger partial charge on any atom is -0.460 e. The van der Waals surface area contributed by atoms with Crippen LogP contribution in [-0.2, 0) is 20.8 Å². The maximum absolute atomic E-state index is 12.1. The van der Waals surface area contributed by atoms with Crippen LogP contribution in [-0.4, -0.2) is 33.9 Å². The van der Waals surface area contributed by atoms with Crippen LogP contribution in [0.25, 0.3) is 0 Å². The molecule has 0 bridgehead atoms. The molecule has 2 heterocycles. The lowest BCUT2D eigenvalue weighted by atomic mass is 10.2. The molecule has 1 fully saturated rings. The molecule has 0 spiro atoms. The summed E-state index contributed by atoms with van der Waals surface area (Å²) >= 11 is 6.10. The molecule has 2 atom stereocenters. The number of ether oxygens (including phenoxy) is 2. The van der Waals surface area contributed by atoms with Gasteiger partial charge in [-0.3, -0.25) is 4.68 Å². The van der Waals surface area contributed by atoms with E-state index in [4.69, 9.17) is 21.1 Å². The van der Waals surface area contributed by atoms with Crippen LogP contribution < -0.4 is 0 Å². The van der Waals surface area contributed by atoms with Gasteiger partial charge in [0.2, 0.25) is 6.10 Å². The van der Waals surface area contributed by atoms with E-state index in [2.05, 4.69) is 5.10 Å². The quantitative estimate of drug-likeness (QED) is 0.803. The molecule has 1 aromatic carbocycles. The van der Waals surface area contributed by atoms with Gasteiger partial charge in [0, 0.05) is 17.6 Å². The Kier molecular flexibility index (Phi) is 4.34. The molecule has 0 saturated carbocycles. The molecule has 1 aliphatic rings. The first-order valence-corrected chi connectivity index (χ1v) is 7.58. The van der Waals surface area contributed by atoms with Crippen LogP contribution in [0.2, 0.25) is 5.02 Å². The first-order chi connectivity index (χ1) is 11.0. The number of aromatic nitrogens is 2. The smallest absolute Gasteiger partial charge is 0.347 e. The maximum Gasteiger partial charge on any atom is 0.347 e. The molecule has 2 unspecified atom stereocenters. The minimum absolute atomic E-state index is 0.233. The number of carbonyl (C=O) groups excluding carboxylic acids is 2. The first-order valence-electron chi connectivity index (χ1n) is 7.20. The number of hydrogen-bond donors (Lipinski definition) is 0. The van der Waals surface area contributed by atoms with E-state index in [1.165, 1.54) is 6.20 Å². The standard InChI is InChI=1S/C16H15ClN2O4/c1-10-6-14(16(21)22-10)23-15(20)12-7-18-19(9-12)8-11-4-2-3-5-13(11)17/h2-5,7,9-10,14H,6,8H2,1H3. The van der Waals surface area contributed by atoms with Gasteiger partial charge < -0.3 is 9.47 Å². The molecule has 0 aliphatic carbocycles. The second-order valence-electron chi connectivity index (χ2n) is 5.40. The highest BCUT2D eigenvalue weighted by atomic mass is 35.5. The Morgan fingerprint density at radius 2 is 2.26 bits per heavy atom. The van der Waals surface area contributed by atoms with Crippen LogP contribution in [0.4, 0.5) is 0 Å². The fourth-order valence-corrected chi connectivity index (χ4v) is 2.57. The third kappa shape index (κ3) is 3.53. The number of nitrogens with zero attached hydrogens (tertiary/aromatic N) is 2. The van der Waals surface area contributed by atoms with Crippen molar-refractivity contribution in [2.24, 2.45) is 0 Å². The normalized spacial score (nSPS) is 20.3. The SMILES string of the molecule is CC1CC(OC(=O)c2cnn(Cc3ccccc3Cl)c2)C(=O)O1. The predicted molar refractivity (Wildman–Crippen MR) is 82.2 cm³/mol. The fourth-order valence-electron chi connectivity index (χ4n) is 2.37. The fraction of sp³-hybridized carbons (Fsp3) is 0.312. The summed E-state index contributed by atoms with van der Waals surface area (Å²) in [7, 11) is 0. The number of cyclic esters (lactones) is 1. The molecule has 1 aliphatic heterocycles. The monoisotopic (exact) mass is 334 g/mol. The van der Waals surface area contributed by atoms with Gasteiger partial charge in [-0.05, 0) is 18.6 Å². The van der Waals surface area contributed by atoms with Crippen molar-refractivity contribution in [1.29, 1.82) is 0 Å². The van der Waals surface area contributed by atoms with Gasteiger partial charge in [-0.25, -0.2) is 9.59 Å². The van der Waals surface area contributed by atoms with E-state index in [0.29, 0.717) is 18.0 Å². The summed E-state index contributed by atoms with van der Waals surface area (Å²) in [4.78, 5) is 23.6. The van der Waals surface area contributed by atoms with Crippen LogP contribution in [0, 0.1) is 0 Å². The zero-order chi connectivity index (χ0) is 16.4. The molecule has 7 heteroatoms. The van der Waals surface area contributed by atoms with E-state index in [1.54, 1.807) is 23.9 Å². The summed E-state index contributed by atoms with van der Waals surface area (Å²) in [5.41, 5.74) is 1.18. The van der Waals surface area contributed by atoms with Crippen molar-refractivity contribution in [3.8, 4) is 0 Å². The number of rotatable bonds is 4. The number of hydrogen-bond acceptors (Lipinski definition) is 5. The zero-order valence-corrected chi connectivity index (χ0v) is 13.2. The molecule has 3 rings (SSSR count). The van der Waals surface area contributed by atoms with E-state index in [0.717, 1.165) is 5.56 Å². The summed E-state index contributed by atoms with van der Waals surface area (Å²) in [6.07, 6.45) is 2.27. The van der Waals surface area contributed by atoms with E-state index >= 15 is 0 Å². The van der Waals surface area contributed by atoms with E-state index in [-0.39, 0.29) is 11.7 Å². The summed E-state index contributed by atoms with van der Waals surface area (Å²) in [5, 5.41) is 4.76. The zero-order valence-electron chi connectivity index (χ0n) is 12.4. The van der Waals surface area contributed by atoms with E-state index in [1.807, 2.05) is 18.2 Å². The maximum atomic E-state index is 12.1. The van der Waals surface area contributed by atoms with Crippen LogP contribution >= 0.6 is 11.6 Å². The Morgan fingerprint density at radius 1 is 1.48 bits per heavy atom. The van der Waals surface area contributed by atoms with Gasteiger partial charge in [-0.2, -0.15) is 5.10 Å². The van der Waals surface area contributed by atoms with Gasteiger partial charge >= 0.3 is 11.9 Å². The Hall–Kier alpha value is -2.34. The molecular formula is C16H15ClN2O4. The van der Waals surface area contributed by atoms with Crippen molar-refractivity contribution in [3.63, 3.8) is 0 Å². The summed E-state index contributed by atoms with van der Waals surface area (Å²) in [5.74, 6) is -1.10. The van der Waals surface area contributed by atoms with E-state index < -0.39 is 18.0 Å². The van der Waals surface area contributed by atoms with Crippen LogP contribution in [0.3, 0.4) is 0 Å². The molecule has 2 aromatic rings. The van der Waals surface area contributed by atoms with Crippen molar-refractivity contribution < 1.29 is 19.1 Å². The molecule has 0 N–H and O–H groups in total. The molecule has 0 amide bonds. The highest BCUT2D eigenvalue weighted by molar-refractivity contribution is 6.31. The molecular weight excluding hydrogens is 320 g/mol. The van der Waals surface area contributed by atoms with Crippen molar-refractivity contribution in [3.05, 3.63) is 52.8 Å². The van der Waals surface area contributed by atoms with Crippen LogP contribution in [0.5, 0.6) is 0 Å². The molecule has 1 saturated heterocycles. The Labute approximate surface area is 137 Å². The third-order valence-electron chi connectivity index (χ3n) is 3.53. The highest BCUT2D eigenvalue weighted by Gasteiger charge is 2.35. The van der Waals surface area contributed by atoms with Crippen molar-refractivity contribution in [2.45, 2.75) is 32.1 Å². The number of benzene rings is 1.